The standard InChI is InChI=1S/C23H20N4O/c1-16(18-11-13-19(28)14-12-18)26-27-23-22(15-17-7-3-2-4-8-17)24-20-9-5-6-10-21(20)25-23/h2-14,28H,15H2,1H3,(H,25,27)/b26-16-. The van der Waals surface area contributed by atoms with Gasteiger partial charge in [0.05, 0.1) is 22.4 Å². The van der Waals surface area contributed by atoms with E-state index in [4.69, 9.17) is 9.97 Å². The van der Waals surface area contributed by atoms with Crippen LogP contribution in [0.4, 0.5) is 5.82 Å². The van der Waals surface area contributed by atoms with Gasteiger partial charge >= 0.3 is 0 Å². The largest absolute Gasteiger partial charge is 0.508 e. The molecular weight excluding hydrogens is 348 g/mol. The number of benzene rings is 3. The van der Waals surface area contributed by atoms with Crippen LogP contribution >= 0.6 is 0 Å². The molecule has 5 heteroatoms. The van der Waals surface area contributed by atoms with E-state index in [0.29, 0.717) is 12.2 Å². The van der Waals surface area contributed by atoms with Crippen molar-refractivity contribution < 1.29 is 5.11 Å². The number of aromatic hydroxyl groups is 1. The fourth-order valence-corrected chi connectivity index (χ4v) is 2.94. The van der Waals surface area contributed by atoms with Crippen LogP contribution in [0.15, 0.2) is 84.0 Å². The second-order valence-corrected chi connectivity index (χ2v) is 6.53. The lowest BCUT2D eigenvalue weighted by atomic mass is 10.1. The summed E-state index contributed by atoms with van der Waals surface area (Å²) < 4.78 is 0. The number of fused-ring (bicyclic) bond motifs is 1. The summed E-state index contributed by atoms with van der Waals surface area (Å²) in [6, 6.07) is 24.9. The Morgan fingerprint density at radius 2 is 1.50 bits per heavy atom. The monoisotopic (exact) mass is 368 g/mol. The summed E-state index contributed by atoms with van der Waals surface area (Å²) in [5.74, 6) is 0.871. The van der Waals surface area contributed by atoms with Crippen LogP contribution in [0, 0.1) is 0 Å². The van der Waals surface area contributed by atoms with Crippen LogP contribution in [0.25, 0.3) is 11.0 Å². The molecule has 3 aromatic carbocycles. The number of phenols is 1. The number of nitrogens with zero attached hydrogens (tertiary/aromatic N) is 3. The highest BCUT2D eigenvalue weighted by Crippen LogP contribution is 2.20. The van der Waals surface area contributed by atoms with Gasteiger partial charge in [-0.25, -0.2) is 9.97 Å². The first-order chi connectivity index (χ1) is 13.7. The second kappa shape index (κ2) is 7.88. The van der Waals surface area contributed by atoms with Gasteiger partial charge in [0.15, 0.2) is 5.82 Å². The minimum Gasteiger partial charge on any atom is -0.508 e. The molecule has 138 valence electrons. The number of hydrogen-bond acceptors (Lipinski definition) is 5. The highest BCUT2D eigenvalue weighted by atomic mass is 16.3. The van der Waals surface area contributed by atoms with Crippen molar-refractivity contribution in [1.82, 2.24) is 9.97 Å². The first-order valence-electron chi connectivity index (χ1n) is 9.08. The lowest BCUT2D eigenvalue weighted by Crippen LogP contribution is -2.06. The van der Waals surface area contributed by atoms with Gasteiger partial charge in [-0.05, 0) is 54.4 Å². The zero-order valence-corrected chi connectivity index (χ0v) is 15.5. The van der Waals surface area contributed by atoms with Crippen molar-refractivity contribution in [3.05, 3.63) is 95.7 Å². The molecule has 4 rings (SSSR count). The van der Waals surface area contributed by atoms with Crippen LogP contribution < -0.4 is 5.43 Å². The first kappa shape index (κ1) is 17.7. The Kier molecular flexibility index (Phi) is 4.97. The fourth-order valence-electron chi connectivity index (χ4n) is 2.94. The van der Waals surface area contributed by atoms with Gasteiger partial charge in [-0.15, -0.1) is 0 Å². The van der Waals surface area contributed by atoms with Crippen LogP contribution in [0.1, 0.15) is 23.7 Å². The Labute approximate surface area is 163 Å². The molecule has 0 saturated carbocycles. The van der Waals surface area contributed by atoms with Gasteiger partial charge in [-0.1, -0.05) is 42.5 Å². The third kappa shape index (κ3) is 3.99. The Bertz CT molecular complexity index is 1120. The van der Waals surface area contributed by atoms with Gasteiger partial charge in [0.25, 0.3) is 0 Å². The van der Waals surface area contributed by atoms with Gasteiger partial charge in [-0.3, -0.25) is 5.43 Å². The van der Waals surface area contributed by atoms with E-state index in [9.17, 15) is 5.11 Å². The predicted octanol–water partition coefficient (Wildman–Crippen LogP) is 4.76. The van der Waals surface area contributed by atoms with E-state index < -0.39 is 0 Å². The minimum absolute atomic E-state index is 0.232. The smallest absolute Gasteiger partial charge is 0.169 e. The van der Waals surface area contributed by atoms with Crippen molar-refractivity contribution in [2.24, 2.45) is 5.10 Å². The molecule has 1 aromatic heterocycles. The molecule has 0 fully saturated rings. The molecule has 0 radical (unpaired) electrons. The van der Waals surface area contributed by atoms with Gasteiger partial charge in [0, 0.05) is 6.42 Å². The molecule has 0 aliphatic heterocycles. The summed E-state index contributed by atoms with van der Waals surface area (Å²) in [7, 11) is 0. The summed E-state index contributed by atoms with van der Waals surface area (Å²) in [5.41, 5.74) is 8.48. The third-order valence-electron chi connectivity index (χ3n) is 4.47. The Morgan fingerprint density at radius 3 is 2.21 bits per heavy atom. The van der Waals surface area contributed by atoms with Crippen LogP contribution in [0.3, 0.4) is 0 Å². The highest BCUT2D eigenvalue weighted by molar-refractivity contribution is 5.99. The average Bonchev–Trinajstić information content (AvgIpc) is 2.73. The lowest BCUT2D eigenvalue weighted by Gasteiger charge is -2.10. The van der Waals surface area contributed by atoms with Crippen molar-refractivity contribution in [3.8, 4) is 5.75 Å². The van der Waals surface area contributed by atoms with Gasteiger partial charge in [0.1, 0.15) is 5.75 Å². The lowest BCUT2D eigenvalue weighted by molar-refractivity contribution is 0.475. The Balaban J connectivity index is 1.68. The molecule has 0 saturated heterocycles. The molecule has 0 aliphatic rings. The van der Waals surface area contributed by atoms with E-state index in [1.54, 1.807) is 12.1 Å². The molecule has 4 aromatic rings. The van der Waals surface area contributed by atoms with Crippen molar-refractivity contribution in [2.45, 2.75) is 13.3 Å². The number of para-hydroxylation sites is 2. The van der Waals surface area contributed by atoms with E-state index in [2.05, 4.69) is 22.7 Å². The molecule has 0 amide bonds. The van der Waals surface area contributed by atoms with E-state index in [1.165, 1.54) is 0 Å². The summed E-state index contributed by atoms with van der Waals surface area (Å²) in [4.78, 5) is 9.54. The summed E-state index contributed by atoms with van der Waals surface area (Å²) in [6.45, 7) is 1.91. The van der Waals surface area contributed by atoms with Crippen molar-refractivity contribution in [1.29, 1.82) is 0 Å². The first-order valence-corrected chi connectivity index (χ1v) is 9.08. The van der Waals surface area contributed by atoms with Crippen molar-refractivity contribution in [2.75, 3.05) is 5.43 Å². The van der Waals surface area contributed by atoms with Crippen LogP contribution in [0.2, 0.25) is 0 Å². The molecule has 0 atom stereocenters. The summed E-state index contributed by atoms with van der Waals surface area (Å²) in [6.07, 6.45) is 0.661. The van der Waals surface area contributed by atoms with E-state index >= 15 is 0 Å². The number of rotatable bonds is 5. The number of aromatic nitrogens is 2. The number of anilines is 1. The van der Waals surface area contributed by atoms with Gasteiger partial charge in [0.2, 0.25) is 0 Å². The number of phenolic OH excluding ortho intramolecular Hbond substituents is 1. The Hall–Kier alpha value is -3.73. The molecule has 2 N–H and O–H groups in total. The SMILES string of the molecule is C/C(=N/Nc1nc2ccccc2nc1Cc1ccccc1)c1ccc(O)cc1. The molecule has 28 heavy (non-hydrogen) atoms. The number of hydrogen-bond donors (Lipinski definition) is 2. The third-order valence-corrected chi connectivity index (χ3v) is 4.47. The maximum absolute atomic E-state index is 9.45. The Morgan fingerprint density at radius 1 is 0.857 bits per heavy atom. The maximum atomic E-state index is 9.45. The van der Waals surface area contributed by atoms with E-state index in [0.717, 1.165) is 33.6 Å². The molecule has 0 unspecified atom stereocenters. The highest BCUT2D eigenvalue weighted by Gasteiger charge is 2.10. The molecule has 0 bridgehead atoms. The molecule has 5 nitrogen and oxygen atoms in total. The predicted molar refractivity (Wildman–Crippen MR) is 113 cm³/mol. The maximum Gasteiger partial charge on any atom is 0.169 e. The zero-order valence-electron chi connectivity index (χ0n) is 15.5. The molecule has 0 aliphatic carbocycles. The normalized spacial score (nSPS) is 11.5. The fraction of sp³-hybridized carbons (Fsp3) is 0.0870. The number of nitrogens with one attached hydrogen (secondary N) is 1. The molecular formula is C23H20N4O. The van der Waals surface area contributed by atoms with Crippen LogP contribution in [-0.4, -0.2) is 20.8 Å². The van der Waals surface area contributed by atoms with Gasteiger partial charge in [-0.2, -0.15) is 5.10 Å². The van der Waals surface area contributed by atoms with Gasteiger partial charge < -0.3 is 5.11 Å². The average molecular weight is 368 g/mol. The van der Waals surface area contributed by atoms with Crippen LogP contribution in [0.5, 0.6) is 5.75 Å². The van der Waals surface area contributed by atoms with Crippen LogP contribution in [-0.2, 0) is 6.42 Å². The topological polar surface area (TPSA) is 70.4 Å². The van der Waals surface area contributed by atoms with Crippen molar-refractivity contribution in [3.63, 3.8) is 0 Å². The van der Waals surface area contributed by atoms with E-state index in [1.807, 2.05) is 61.5 Å². The zero-order chi connectivity index (χ0) is 19.3. The van der Waals surface area contributed by atoms with E-state index in [-0.39, 0.29) is 5.75 Å². The molecule has 1 heterocycles. The summed E-state index contributed by atoms with van der Waals surface area (Å²) >= 11 is 0. The quantitative estimate of drug-likeness (QED) is 0.393. The number of hydrazone groups is 1. The van der Waals surface area contributed by atoms with Crippen molar-refractivity contribution >= 4 is 22.6 Å². The second-order valence-electron chi connectivity index (χ2n) is 6.53. The minimum atomic E-state index is 0.232. The molecule has 0 spiro atoms. The summed E-state index contributed by atoms with van der Waals surface area (Å²) in [5, 5.41) is 13.9.